The van der Waals surface area contributed by atoms with Gasteiger partial charge in [-0.05, 0) is 26.4 Å². The zero-order valence-electron chi connectivity index (χ0n) is 8.34. The Morgan fingerprint density at radius 2 is 1.92 bits per heavy atom. The topological polar surface area (TPSA) is 37.8 Å². The van der Waals surface area contributed by atoms with Crippen LogP contribution in [-0.2, 0) is 12.8 Å². The van der Waals surface area contributed by atoms with Crippen molar-refractivity contribution in [1.29, 1.82) is 0 Å². The smallest absolute Gasteiger partial charge is 0.117 e. The summed E-state index contributed by atoms with van der Waals surface area (Å²) in [4.78, 5) is 0. The van der Waals surface area contributed by atoms with Gasteiger partial charge in [0.25, 0.3) is 0 Å². The lowest BCUT2D eigenvalue weighted by atomic mass is 10.3. The van der Waals surface area contributed by atoms with Crippen LogP contribution >= 0.6 is 11.3 Å². The zero-order valence-corrected chi connectivity index (χ0v) is 9.15. The molecule has 0 aromatic carbocycles. The van der Waals surface area contributed by atoms with Gasteiger partial charge in [-0.25, -0.2) is 0 Å². The van der Waals surface area contributed by atoms with Gasteiger partial charge in [-0.2, -0.15) is 0 Å². The van der Waals surface area contributed by atoms with Crippen molar-refractivity contribution in [1.82, 2.24) is 15.5 Å². The highest BCUT2D eigenvalue weighted by molar-refractivity contribution is 7.11. The molecule has 1 N–H and O–H groups in total. The molecule has 74 valence electrons. The molecule has 13 heavy (non-hydrogen) atoms. The molecule has 0 spiro atoms. The van der Waals surface area contributed by atoms with Gasteiger partial charge in [-0.1, -0.05) is 6.92 Å². The SMILES string of the molecule is CCCc1nnc(CCCNC)s1. The van der Waals surface area contributed by atoms with Crippen molar-refractivity contribution in [3.8, 4) is 0 Å². The van der Waals surface area contributed by atoms with Crippen LogP contribution in [0.1, 0.15) is 29.8 Å². The molecule has 0 aliphatic rings. The summed E-state index contributed by atoms with van der Waals surface area (Å²) in [5.41, 5.74) is 0. The van der Waals surface area contributed by atoms with Gasteiger partial charge in [0, 0.05) is 12.8 Å². The normalized spacial score (nSPS) is 10.6. The lowest BCUT2D eigenvalue weighted by Gasteiger charge is -1.94. The van der Waals surface area contributed by atoms with E-state index in [4.69, 9.17) is 0 Å². The summed E-state index contributed by atoms with van der Waals surface area (Å²) in [6.45, 7) is 3.23. The van der Waals surface area contributed by atoms with Crippen molar-refractivity contribution in [3.63, 3.8) is 0 Å². The molecular weight excluding hydrogens is 182 g/mol. The second-order valence-electron chi connectivity index (χ2n) is 3.05. The second kappa shape index (κ2) is 6.05. The Morgan fingerprint density at radius 3 is 2.54 bits per heavy atom. The van der Waals surface area contributed by atoms with E-state index in [0.717, 1.165) is 32.2 Å². The highest BCUT2D eigenvalue weighted by Crippen LogP contribution is 2.12. The summed E-state index contributed by atoms with van der Waals surface area (Å²) >= 11 is 1.76. The van der Waals surface area contributed by atoms with Gasteiger partial charge in [-0.15, -0.1) is 21.5 Å². The quantitative estimate of drug-likeness (QED) is 0.708. The van der Waals surface area contributed by atoms with Gasteiger partial charge in [0.2, 0.25) is 0 Å². The van der Waals surface area contributed by atoms with Crippen molar-refractivity contribution >= 4 is 11.3 Å². The van der Waals surface area contributed by atoms with E-state index in [1.807, 2.05) is 7.05 Å². The van der Waals surface area contributed by atoms with Crippen LogP contribution < -0.4 is 5.32 Å². The number of nitrogens with zero attached hydrogens (tertiary/aromatic N) is 2. The average molecular weight is 199 g/mol. The van der Waals surface area contributed by atoms with Gasteiger partial charge in [0.05, 0.1) is 0 Å². The number of aryl methyl sites for hydroxylation is 2. The molecule has 0 amide bonds. The molecule has 0 radical (unpaired) electrons. The van der Waals surface area contributed by atoms with Crippen LogP contribution in [0.15, 0.2) is 0 Å². The molecule has 4 heteroatoms. The lowest BCUT2D eigenvalue weighted by molar-refractivity contribution is 0.717. The van der Waals surface area contributed by atoms with E-state index in [9.17, 15) is 0 Å². The molecule has 0 fully saturated rings. The molecule has 0 aliphatic carbocycles. The summed E-state index contributed by atoms with van der Waals surface area (Å²) in [5, 5.41) is 13.8. The molecule has 1 aromatic heterocycles. The van der Waals surface area contributed by atoms with Crippen LogP contribution in [-0.4, -0.2) is 23.8 Å². The number of nitrogens with one attached hydrogen (secondary N) is 1. The standard InChI is InChI=1S/C9H17N3S/c1-3-5-8-11-12-9(13-8)6-4-7-10-2/h10H,3-7H2,1-2H3. The summed E-state index contributed by atoms with van der Waals surface area (Å²) in [5.74, 6) is 0. The van der Waals surface area contributed by atoms with E-state index < -0.39 is 0 Å². The zero-order chi connectivity index (χ0) is 9.52. The maximum Gasteiger partial charge on any atom is 0.117 e. The predicted molar refractivity (Wildman–Crippen MR) is 56.2 cm³/mol. The molecular formula is C9H17N3S. The Hall–Kier alpha value is -0.480. The average Bonchev–Trinajstić information content (AvgIpc) is 2.54. The Balaban J connectivity index is 2.31. The van der Waals surface area contributed by atoms with Crippen LogP contribution in [0.25, 0.3) is 0 Å². The minimum Gasteiger partial charge on any atom is -0.320 e. The van der Waals surface area contributed by atoms with Gasteiger partial charge in [0.15, 0.2) is 0 Å². The molecule has 1 aromatic rings. The van der Waals surface area contributed by atoms with E-state index in [-0.39, 0.29) is 0 Å². The maximum absolute atomic E-state index is 4.15. The fourth-order valence-electron chi connectivity index (χ4n) is 1.12. The number of hydrogen-bond donors (Lipinski definition) is 1. The van der Waals surface area contributed by atoms with Gasteiger partial charge < -0.3 is 5.32 Å². The van der Waals surface area contributed by atoms with E-state index in [1.54, 1.807) is 11.3 Å². The predicted octanol–water partition coefficient (Wildman–Crippen LogP) is 1.64. The van der Waals surface area contributed by atoms with Crippen molar-refractivity contribution in [2.45, 2.75) is 32.6 Å². The van der Waals surface area contributed by atoms with E-state index in [0.29, 0.717) is 0 Å². The van der Waals surface area contributed by atoms with E-state index in [1.165, 1.54) is 10.0 Å². The first-order chi connectivity index (χ1) is 6.36. The van der Waals surface area contributed by atoms with E-state index in [2.05, 4.69) is 22.4 Å². The van der Waals surface area contributed by atoms with Crippen LogP contribution in [0.4, 0.5) is 0 Å². The first kappa shape index (κ1) is 10.6. The molecule has 0 unspecified atom stereocenters. The maximum atomic E-state index is 4.15. The third-order valence-electron chi connectivity index (χ3n) is 1.79. The van der Waals surface area contributed by atoms with Gasteiger partial charge in [0.1, 0.15) is 10.0 Å². The Labute approximate surface area is 83.6 Å². The van der Waals surface area contributed by atoms with Crippen molar-refractivity contribution in [3.05, 3.63) is 10.0 Å². The van der Waals surface area contributed by atoms with Crippen molar-refractivity contribution in [2.24, 2.45) is 0 Å². The van der Waals surface area contributed by atoms with Crippen molar-refractivity contribution < 1.29 is 0 Å². The van der Waals surface area contributed by atoms with Gasteiger partial charge >= 0.3 is 0 Å². The Kier molecular flexibility index (Phi) is 4.93. The van der Waals surface area contributed by atoms with Gasteiger partial charge in [-0.3, -0.25) is 0 Å². The molecule has 0 aliphatic heterocycles. The largest absolute Gasteiger partial charge is 0.320 e. The Bertz CT molecular complexity index is 235. The number of hydrogen-bond acceptors (Lipinski definition) is 4. The highest BCUT2D eigenvalue weighted by atomic mass is 32.1. The molecule has 3 nitrogen and oxygen atoms in total. The molecule has 0 saturated carbocycles. The molecule has 1 rings (SSSR count). The third kappa shape index (κ3) is 3.83. The molecule has 0 atom stereocenters. The highest BCUT2D eigenvalue weighted by Gasteiger charge is 2.02. The second-order valence-corrected chi connectivity index (χ2v) is 4.19. The first-order valence-electron chi connectivity index (χ1n) is 4.82. The fraction of sp³-hybridized carbons (Fsp3) is 0.778. The Morgan fingerprint density at radius 1 is 1.23 bits per heavy atom. The van der Waals surface area contributed by atoms with Crippen LogP contribution in [0, 0.1) is 0 Å². The minimum absolute atomic E-state index is 1.06. The summed E-state index contributed by atoms with van der Waals surface area (Å²) < 4.78 is 0. The molecule has 0 saturated heterocycles. The third-order valence-corrected chi connectivity index (χ3v) is 2.83. The van der Waals surface area contributed by atoms with Crippen molar-refractivity contribution in [2.75, 3.05) is 13.6 Å². The fourth-order valence-corrected chi connectivity index (χ4v) is 2.11. The van der Waals surface area contributed by atoms with Crippen LogP contribution in [0.5, 0.6) is 0 Å². The summed E-state index contributed by atoms with van der Waals surface area (Å²) in [7, 11) is 1.97. The van der Waals surface area contributed by atoms with Crippen LogP contribution in [0.3, 0.4) is 0 Å². The summed E-state index contributed by atoms with van der Waals surface area (Å²) in [6.07, 6.45) is 4.44. The molecule has 1 heterocycles. The van der Waals surface area contributed by atoms with Crippen LogP contribution in [0.2, 0.25) is 0 Å². The number of aromatic nitrogens is 2. The summed E-state index contributed by atoms with van der Waals surface area (Å²) in [6, 6.07) is 0. The lowest BCUT2D eigenvalue weighted by Crippen LogP contribution is -2.08. The molecule has 0 bridgehead atoms. The number of rotatable bonds is 6. The minimum atomic E-state index is 1.06. The first-order valence-corrected chi connectivity index (χ1v) is 5.64. The monoisotopic (exact) mass is 199 g/mol. The van der Waals surface area contributed by atoms with E-state index >= 15 is 0 Å².